The maximum atomic E-state index is 11.7. The third-order valence-corrected chi connectivity index (χ3v) is 1.96. The van der Waals surface area contributed by atoms with Crippen LogP contribution in [0.1, 0.15) is 6.42 Å². The Labute approximate surface area is 89.4 Å². The van der Waals surface area contributed by atoms with E-state index in [4.69, 9.17) is 9.84 Å². The number of rotatable bonds is 6. The first kappa shape index (κ1) is 13.9. The van der Waals surface area contributed by atoms with Gasteiger partial charge < -0.3 is 14.7 Å². The first-order valence-corrected chi connectivity index (χ1v) is 4.52. The van der Waals surface area contributed by atoms with Gasteiger partial charge in [0.25, 0.3) is 0 Å². The number of carboxylic acid groups (broad SMARTS) is 1. The quantitative estimate of drug-likeness (QED) is 0.606. The van der Waals surface area contributed by atoms with Crippen LogP contribution in [0.25, 0.3) is 0 Å². The van der Waals surface area contributed by atoms with E-state index >= 15 is 0 Å². The minimum Gasteiger partial charge on any atom is -0.481 e. The van der Waals surface area contributed by atoms with Gasteiger partial charge in [-0.05, 0) is 7.05 Å². The number of ether oxygens (including phenoxy) is 1. The second-order valence-electron chi connectivity index (χ2n) is 3.52. The van der Waals surface area contributed by atoms with Gasteiger partial charge in [0.05, 0.1) is 13.2 Å². The summed E-state index contributed by atoms with van der Waals surface area (Å²) >= 11 is 0. The fraction of sp³-hybridized carbons (Fsp3) is 0.778. The number of methoxy groups -OCH3 is 1. The monoisotopic (exact) mass is 218 g/mol. The molecule has 0 heterocycles. The fourth-order valence-corrected chi connectivity index (χ4v) is 1.19. The third-order valence-electron chi connectivity index (χ3n) is 1.96. The number of hydrogen-bond donors (Lipinski definition) is 1. The van der Waals surface area contributed by atoms with Crippen LogP contribution in [0.3, 0.4) is 0 Å². The number of aliphatic carboxylic acids is 1. The Kier molecular flexibility index (Phi) is 5.88. The molecule has 15 heavy (non-hydrogen) atoms. The Hall–Kier alpha value is -1.14. The van der Waals surface area contributed by atoms with Gasteiger partial charge in [-0.3, -0.25) is 14.5 Å². The second-order valence-corrected chi connectivity index (χ2v) is 3.52. The highest BCUT2D eigenvalue weighted by atomic mass is 16.5. The maximum absolute atomic E-state index is 11.7. The van der Waals surface area contributed by atoms with Crippen molar-refractivity contribution in [2.45, 2.75) is 12.5 Å². The predicted molar refractivity (Wildman–Crippen MR) is 54.4 cm³/mol. The lowest BCUT2D eigenvalue weighted by Gasteiger charge is -2.27. The number of nitrogens with zero attached hydrogens (tertiary/aromatic N) is 2. The van der Waals surface area contributed by atoms with Gasteiger partial charge in [0, 0.05) is 21.2 Å². The van der Waals surface area contributed by atoms with Crippen molar-refractivity contribution >= 4 is 11.9 Å². The van der Waals surface area contributed by atoms with Gasteiger partial charge in [-0.1, -0.05) is 0 Å². The van der Waals surface area contributed by atoms with E-state index in [1.165, 1.54) is 12.0 Å². The van der Waals surface area contributed by atoms with Crippen molar-refractivity contribution in [3.05, 3.63) is 0 Å². The van der Waals surface area contributed by atoms with Crippen LogP contribution in [-0.4, -0.2) is 67.8 Å². The van der Waals surface area contributed by atoms with E-state index in [2.05, 4.69) is 0 Å². The van der Waals surface area contributed by atoms with Gasteiger partial charge in [-0.25, -0.2) is 0 Å². The molecule has 0 bridgehead atoms. The molecule has 0 fully saturated rings. The number of hydrogen-bond acceptors (Lipinski definition) is 4. The highest BCUT2D eigenvalue weighted by Gasteiger charge is 2.26. The molecule has 0 aliphatic heterocycles. The van der Waals surface area contributed by atoms with Crippen LogP contribution in [-0.2, 0) is 14.3 Å². The summed E-state index contributed by atoms with van der Waals surface area (Å²) in [7, 11) is 6.34. The molecule has 0 aromatic carbocycles. The molecular formula is C9H18N2O4. The molecule has 0 saturated carbocycles. The number of amides is 1. The molecule has 0 aromatic heterocycles. The molecule has 1 atom stereocenters. The summed E-state index contributed by atoms with van der Waals surface area (Å²) in [5.74, 6) is -1.24. The molecule has 0 saturated heterocycles. The molecule has 88 valence electrons. The van der Waals surface area contributed by atoms with E-state index in [1.807, 2.05) is 0 Å². The van der Waals surface area contributed by atoms with Crippen molar-refractivity contribution in [1.29, 1.82) is 0 Å². The van der Waals surface area contributed by atoms with E-state index in [-0.39, 0.29) is 19.1 Å². The summed E-state index contributed by atoms with van der Waals surface area (Å²) < 4.78 is 4.86. The van der Waals surface area contributed by atoms with Crippen molar-refractivity contribution in [1.82, 2.24) is 9.80 Å². The Bertz CT molecular complexity index is 230. The summed E-state index contributed by atoms with van der Waals surface area (Å²) in [6, 6.07) is -0.683. The number of carbonyl (C=O) groups excluding carboxylic acids is 1. The van der Waals surface area contributed by atoms with Gasteiger partial charge in [0.15, 0.2) is 0 Å². The number of carbonyl (C=O) groups is 2. The van der Waals surface area contributed by atoms with Crippen LogP contribution >= 0.6 is 0 Å². The normalized spacial score (nSPS) is 12.6. The largest absolute Gasteiger partial charge is 0.481 e. The average molecular weight is 218 g/mol. The fourth-order valence-electron chi connectivity index (χ4n) is 1.19. The minimum absolute atomic E-state index is 0.220. The van der Waals surface area contributed by atoms with Crippen molar-refractivity contribution in [2.75, 3.05) is 35.0 Å². The zero-order chi connectivity index (χ0) is 12.0. The van der Waals surface area contributed by atoms with Crippen LogP contribution < -0.4 is 0 Å². The van der Waals surface area contributed by atoms with Crippen LogP contribution in [0.4, 0.5) is 0 Å². The molecule has 0 aromatic rings. The van der Waals surface area contributed by atoms with Gasteiger partial charge in [0.2, 0.25) is 5.91 Å². The first-order valence-electron chi connectivity index (χ1n) is 4.52. The summed E-state index contributed by atoms with van der Waals surface area (Å²) in [4.78, 5) is 25.2. The SMILES string of the molecule is COCN(C)[C@@H](CC(=O)O)C(=O)N(C)C. The Balaban J connectivity index is 4.56. The van der Waals surface area contributed by atoms with Gasteiger partial charge >= 0.3 is 5.97 Å². The van der Waals surface area contributed by atoms with Crippen molar-refractivity contribution in [2.24, 2.45) is 0 Å². The highest BCUT2D eigenvalue weighted by Crippen LogP contribution is 2.05. The van der Waals surface area contributed by atoms with Crippen molar-refractivity contribution in [3.8, 4) is 0 Å². The molecule has 0 unspecified atom stereocenters. The molecule has 1 N–H and O–H groups in total. The molecule has 0 aliphatic rings. The average Bonchev–Trinajstić information content (AvgIpc) is 2.13. The molecule has 1 amide bonds. The smallest absolute Gasteiger partial charge is 0.305 e. The zero-order valence-corrected chi connectivity index (χ0v) is 9.56. The van der Waals surface area contributed by atoms with Gasteiger partial charge in [-0.15, -0.1) is 0 Å². The maximum Gasteiger partial charge on any atom is 0.305 e. The summed E-state index contributed by atoms with van der Waals surface area (Å²) in [5, 5.41) is 8.69. The Morgan fingerprint density at radius 3 is 2.20 bits per heavy atom. The zero-order valence-electron chi connectivity index (χ0n) is 9.56. The van der Waals surface area contributed by atoms with E-state index < -0.39 is 12.0 Å². The first-order chi connectivity index (χ1) is 6.90. The van der Waals surface area contributed by atoms with Crippen molar-refractivity contribution < 1.29 is 19.4 Å². The molecule has 0 rings (SSSR count). The lowest BCUT2D eigenvalue weighted by molar-refractivity contribution is -0.145. The summed E-state index contributed by atoms with van der Waals surface area (Å²) in [6.45, 7) is 0.220. The second kappa shape index (κ2) is 6.36. The molecule has 0 radical (unpaired) electrons. The Morgan fingerprint density at radius 1 is 1.33 bits per heavy atom. The van der Waals surface area contributed by atoms with E-state index in [1.54, 1.807) is 26.0 Å². The van der Waals surface area contributed by atoms with Crippen LogP contribution in [0.2, 0.25) is 0 Å². The third kappa shape index (κ3) is 4.75. The van der Waals surface area contributed by atoms with Gasteiger partial charge in [0.1, 0.15) is 6.04 Å². The lowest BCUT2D eigenvalue weighted by atomic mass is 10.1. The number of carboxylic acids is 1. The van der Waals surface area contributed by atoms with E-state index in [0.29, 0.717) is 0 Å². The minimum atomic E-state index is -1.00. The van der Waals surface area contributed by atoms with Crippen LogP contribution in [0.5, 0.6) is 0 Å². The lowest BCUT2D eigenvalue weighted by Crippen LogP contribution is -2.46. The summed E-state index contributed by atoms with van der Waals surface area (Å²) in [6.07, 6.45) is -0.225. The Morgan fingerprint density at radius 2 is 1.87 bits per heavy atom. The van der Waals surface area contributed by atoms with E-state index in [9.17, 15) is 9.59 Å². The van der Waals surface area contributed by atoms with Crippen LogP contribution in [0.15, 0.2) is 0 Å². The highest BCUT2D eigenvalue weighted by molar-refractivity contribution is 5.85. The topological polar surface area (TPSA) is 70.1 Å². The molecular weight excluding hydrogens is 200 g/mol. The predicted octanol–water partition coefficient (Wildman–Crippen LogP) is -0.546. The molecule has 0 spiro atoms. The van der Waals surface area contributed by atoms with Crippen LogP contribution in [0, 0.1) is 0 Å². The van der Waals surface area contributed by atoms with Gasteiger partial charge in [-0.2, -0.15) is 0 Å². The number of likely N-dealkylation sites (N-methyl/N-ethyl adjacent to an activating group) is 2. The standard InChI is InChI=1S/C9H18N2O4/c1-10(2)9(14)7(5-8(12)13)11(3)6-15-4/h7H,5-6H2,1-4H3,(H,12,13)/t7-/m0/s1. The van der Waals surface area contributed by atoms with E-state index in [0.717, 1.165) is 0 Å². The molecule has 0 aliphatic carbocycles. The molecule has 6 heteroatoms. The molecule has 6 nitrogen and oxygen atoms in total. The van der Waals surface area contributed by atoms with Crippen molar-refractivity contribution in [3.63, 3.8) is 0 Å². The summed E-state index contributed by atoms with van der Waals surface area (Å²) in [5.41, 5.74) is 0.